The molecule has 0 fully saturated rings. The van der Waals surface area contributed by atoms with Gasteiger partial charge in [0.2, 0.25) is 0 Å². The van der Waals surface area contributed by atoms with Gasteiger partial charge in [0.05, 0.1) is 24.0 Å². The number of furan rings is 1. The zero-order valence-corrected chi connectivity index (χ0v) is 15.5. The summed E-state index contributed by atoms with van der Waals surface area (Å²) in [5, 5.41) is 21.6. The molecule has 142 valence electrons. The Morgan fingerprint density at radius 1 is 1.37 bits per heavy atom. The highest BCUT2D eigenvalue weighted by molar-refractivity contribution is 5.93. The molecule has 0 spiro atoms. The number of aliphatic hydroxyl groups excluding tert-OH is 1. The summed E-state index contributed by atoms with van der Waals surface area (Å²) in [6.07, 6.45) is 0.845. The molecule has 4 heterocycles. The number of nitrogens with one attached hydrogen (secondary N) is 1. The van der Waals surface area contributed by atoms with E-state index in [4.69, 9.17) is 4.42 Å². The Labute approximate surface area is 156 Å². The number of H-pyrrole nitrogens is 1. The van der Waals surface area contributed by atoms with Crippen LogP contribution in [0.3, 0.4) is 0 Å². The molecule has 0 saturated carbocycles. The Morgan fingerprint density at radius 3 is 2.96 bits per heavy atom. The lowest BCUT2D eigenvalue weighted by atomic mass is 10.2. The van der Waals surface area contributed by atoms with E-state index >= 15 is 0 Å². The molecule has 0 aliphatic carbocycles. The number of aromatic amines is 1. The third-order valence-electron chi connectivity index (χ3n) is 4.85. The van der Waals surface area contributed by atoms with E-state index in [9.17, 15) is 9.90 Å². The van der Waals surface area contributed by atoms with Crippen molar-refractivity contribution in [2.75, 3.05) is 6.54 Å². The second kappa shape index (κ2) is 7.03. The lowest BCUT2D eigenvalue weighted by molar-refractivity contribution is 0.0739. The normalized spacial score (nSPS) is 15.4. The molecule has 1 aliphatic heterocycles. The Kier molecular flexibility index (Phi) is 4.57. The monoisotopic (exact) mass is 369 g/mol. The van der Waals surface area contributed by atoms with Crippen molar-refractivity contribution in [3.05, 3.63) is 47.1 Å². The molecule has 1 atom stereocenters. The zero-order chi connectivity index (χ0) is 19.0. The van der Waals surface area contributed by atoms with Gasteiger partial charge in [0.15, 0.2) is 11.5 Å². The molecule has 4 rings (SSSR count). The third kappa shape index (κ3) is 3.40. The molecule has 0 aromatic carbocycles. The highest BCUT2D eigenvalue weighted by Gasteiger charge is 2.25. The first-order chi connectivity index (χ1) is 13.0. The van der Waals surface area contributed by atoms with E-state index in [1.165, 1.54) is 0 Å². The Balaban J connectivity index is 1.54. The van der Waals surface area contributed by atoms with Crippen molar-refractivity contribution in [3.8, 4) is 11.5 Å². The van der Waals surface area contributed by atoms with Gasteiger partial charge >= 0.3 is 0 Å². The van der Waals surface area contributed by atoms with Gasteiger partial charge in [0.1, 0.15) is 11.5 Å². The summed E-state index contributed by atoms with van der Waals surface area (Å²) in [7, 11) is 0. The highest BCUT2D eigenvalue weighted by atomic mass is 16.3. The van der Waals surface area contributed by atoms with E-state index in [1.54, 1.807) is 11.0 Å². The average Bonchev–Trinajstić information content (AvgIpc) is 3.38. The van der Waals surface area contributed by atoms with Crippen LogP contribution in [0.5, 0.6) is 0 Å². The minimum absolute atomic E-state index is 0.131. The number of rotatable bonds is 4. The van der Waals surface area contributed by atoms with E-state index in [1.807, 2.05) is 36.7 Å². The molecule has 8 nitrogen and oxygen atoms in total. The molecule has 27 heavy (non-hydrogen) atoms. The summed E-state index contributed by atoms with van der Waals surface area (Å²) in [6.45, 7) is 5.60. The summed E-state index contributed by atoms with van der Waals surface area (Å²) in [5.41, 5.74) is 2.64. The van der Waals surface area contributed by atoms with Crippen molar-refractivity contribution in [1.82, 2.24) is 24.9 Å². The van der Waals surface area contributed by atoms with Gasteiger partial charge in [0, 0.05) is 19.2 Å². The molecule has 0 unspecified atom stereocenters. The van der Waals surface area contributed by atoms with Gasteiger partial charge in [-0.1, -0.05) is 6.92 Å². The van der Waals surface area contributed by atoms with Crippen LogP contribution in [0.15, 0.2) is 28.7 Å². The maximum atomic E-state index is 12.9. The van der Waals surface area contributed by atoms with Gasteiger partial charge < -0.3 is 14.4 Å². The number of carbonyl (C=O) groups excluding carboxylic acids is 1. The van der Waals surface area contributed by atoms with Crippen LogP contribution in [-0.4, -0.2) is 42.4 Å². The van der Waals surface area contributed by atoms with E-state index in [0.717, 1.165) is 24.4 Å². The van der Waals surface area contributed by atoms with Crippen LogP contribution in [-0.2, 0) is 13.1 Å². The topological polar surface area (TPSA) is 100 Å². The molecule has 1 aliphatic rings. The molecule has 0 saturated heterocycles. The molecule has 8 heteroatoms. The smallest absolute Gasteiger partial charge is 0.274 e. The molecule has 1 amide bonds. The van der Waals surface area contributed by atoms with E-state index in [2.05, 4.69) is 15.3 Å². The molecule has 3 aromatic rings. The molecular formula is C19H23N5O3. The summed E-state index contributed by atoms with van der Waals surface area (Å²) >= 11 is 0. The maximum absolute atomic E-state index is 12.9. The maximum Gasteiger partial charge on any atom is 0.274 e. The predicted octanol–water partition coefficient (Wildman–Crippen LogP) is 2.66. The minimum Gasteiger partial charge on any atom is -0.460 e. The summed E-state index contributed by atoms with van der Waals surface area (Å²) in [6, 6.07) is 7.33. The van der Waals surface area contributed by atoms with Crippen LogP contribution in [0.1, 0.15) is 53.5 Å². The molecular weight excluding hydrogens is 346 g/mol. The van der Waals surface area contributed by atoms with Gasteiger partial charge in [-0.05, 0) is 38.0 Å². The fraction of sp³-hybridized carbons (Fsp3) is 0.421. The van der Waals surface area contributed by atoms with Crippen LogP contribution in [0, 0.1) is 6.92 Å². The number of hydrogen-bond donors (Lipinski definition) is 2. The fourth-order valence-corrected chi connectivity index (χ4v) is 3.33. The summed E-state index contributed by atoms with van der Waals surface area (Å²) < 4.78 is 7.47. The summed E-state index contributed by atoms with van der Waals surface area (Å²) in [4.78, 5) is 14.7. The van der Waals surface area contributed by atoms with Crippen molar-refractivity contribution in [1.29, 1.82) is 0 Å². The number of carbonyl (C=O) groups is 1. The fourth-order valence-electron chi connectivity index (χ4n) is 3.33. The van der Waals surface area contributed by atoms with Crippen molar-refractivity contribution in [2.45, 2.75) is 45.9 Å². The lowest BCUT2D eigenvalue weighted by Crippen LogP contribution is -2.31. The SMILES string of the molecule is CC[C@@H](O)c1cc2n(n1)CCCN(C(=O)c1cc(-c3ccc(C)o3)[nH]n1)C2. The van der Waals surface area contributed by atoms with E-state index in [0.29, 0.717) is 42.4 Å². The largest absolute Gasteiger partial charge is 0.460 e. The Bertz CT molecular complexity index is 954. The molecule has 0 radical (unpaired) electrons. The first kappa shape index (κ1) is 17.5. The van der Waals surface area contributed by atoms with Crippen molar-refractivity contribution < 1.29 is 14.3 Å². The van der Waals surface area contributed by atoms with Gasteiger partial charge in [-0.15, -0.1) is 0 Å². The molecule has 0 bridgehead atoms. The number of amides is 1. The molecule has 2 N–H and O–H groups in total. The van der Waals surface area contributed by atoms with Crippen molar-refractivity contribution >= 4 is 5.91 Å². The first-order valence-corrected chi connectivity index (χ1v) is 9.21. The third-order valence-corrected chi connectivity index (χ3v) is 4.85. The zero-order valence-electron chi connectivity index (χ0n) is 15.5. The van der Waals surface area contributed by atoms with Crippen LogP contribution >= 0.6 is 0 Å². The number of hydrogen-bond acceptors (Lipinski definition) is 5. The number of fused-ring (bicyclic) bond motifs is 1. The summed E-state index contributed by atoms with van der Waals surface area (Å²) in [5.74, 6) is 1.33. The van der Waals surface area contributed by atoms with Gasteiger partial charge in [0.25, 0.3) is 5.91 Å². The van der Waals surface area contributed by atoms with E-state index < -0.39 is 6.10 Å². The average molecular weight is 369 g/mol. The van der Waals surface area contributed by atoms with Crippen molar-refractivity contribution in [2.24, 2.45) is 0 Å². The number of aromatic nitrogens is 4. The van der Waals surface area contributed by atoms with Gasteiger partial charge in [-0.25, -0.2) is 0 Å². The van der Waals surface area contributed by atoms with Gasteiger partial charge in [-0.2, -0.15) is 10.2 Å². The quantitative estimate of drug-likeness (QED) is 0.736. The molecule has 3 aromatic heterocycles. The van der Waals surface area contributed by atoms with Crippen LogP contribution in [0.2, 0.25) is 0 Å². The predicted molar refractivity (Wildman–Crippen MR) is 97.9 cm³/mol. The number of aryl methyl sites for hydroxylation is 2. The second-order valence-corrected chi connectivity index (χ2v) is 6.87. The van der Waals surface area contributed by atoms with Crippen molar-refractivity contribution in [3.63, 3.8) is 0 Å². The number of nitrogens with zero attached hydrogens (tertiary/aromatic N) is 4. The lowest BCUT2D eigenvalue weighted by Gasteiger charge is -2.18. The Morgan fingerprint density at radius 2 is 2.22 bits per heavy atom. The standard InChI is InChI=1S/C19H23N5O3/c1-3-17(25)14-9-13-11-23(7-4-8-24(13)22-14)19(26)16-10-15(20-21-16)18-6-5-12(2)27-18/h5-6,9-10,17,25H,3-4,7-8,11H2,1-2H3,(H,20,21)/t17-/m1/s1. The van der Waals surface area contributed by atoms with Crippen LogP contribution in [0.25, 0.3) is 11.5 Å². The minimum atomic E-state index is -0.570. The van der Waals surface area contributed by atoms with Crippen LogP contribution in [0.4, 0.5) is 0 Å². The first-order valence-electron chi connectivity index (χ1n) is 9.21. The number of aliphatic hydroxyl groups is 1. The van der Waals surface area contributed by atoms with Gasteiger partial charge in [-0.3, -0.25) is 14.6 Å². The second-order valence-electron chi connectivity index (χ2n) is 6.87. The van der Waals surface area contributed by atoms with E-state index in [-0.39, 0.29) is 5.91 Å². The van der Waals surface area contributed by atoms with Crippen LogP contribution < -0.4 is 0 Å². The Hall–Kier alpha value is -2.87. The highest BCUT2D eigenvalue weighted by Crippen LogP contribution is 2.23.